The highest BCUT2D eigenvalue weighted by Crippen LogP contribution is 2.39. The average molecular weight is 525 g/mol. The smallest absolute Gasteiger partial charge is 0.243 e. The molecule has 5 rings (SSSR count). The van der Waals surface area contributed by atoms with Crippen LogP contribution in [0.25, 0.3) is 21.3 Å². The number of aromatic nitrogens is 2. The maximum atomic E-state index is 12.9. The Morgan fingerprint density at radius 3 is 2.49 bits per heavy atom. The van der Waals surface area contributed by atoms with E-state index in [1.54, 1.807) is 35.6 Å². The topological polar surface area (TPSA) is 92.3 Å². The number of thiophene rings is 1. The Morgan fingerprint density at radius 2 is 1.77 bits per heavy atom. The van der Waals surface area contributed by atoms with Gasteiger partial charge in [-0.05, 0) is 49.6 Å². The molecule has 2 aromatic heterocycles. The zero-order valence-electron chi connectivity index (χ0n) is 19.0. The zero-order chi connectivity index (χ0) is 24.4. The van der Waals surface area contributed by atoms with Crippen LogP contribution in [0.2, 0.25) is 0 Å². The molecule has 2 aromatic carbocycles. The van der Waals surface area contributed by atoms with Crippen LogP contribution in [0.3, 0.4) is 0 Å². The lowest BCUT2D eigenvalue weighted by molar-refractivity contribution is -0.115. The van der Waals surface area contributed by atoms with E-state index in [0.717, 1.165) is 39.2 Å². The Bertz CT molecular complexity index is 1450. The summed E-state index contributed by atoms with van der Waals surface area (Å²) in [6, 6.07) is 16.4. The molecule has 180 valence electrons. The first-order chi connectivity index (χ1) is 16.9. The van der Waals surface area contributed by atoms with Crippen LogP contribution >= 0.6 is 23.1 Å². The fourth-order valence-electron chi connectivity index (χ4n) is 4.02. The third-order valence-corrected chi connectivity index (χ3v) is 9.80. The summed E-state index contributed by atoms with van der Waals surface area (Å²) in [7, 11) is -3.48. The number of hydrogen-bond donors (Lipinski definition) is 1. The molecule has 7 nitrogen and oxygen atoms in total. The minimum absolute atomic E-state index is 0.187. The van der Waals surface area contributed by atoms with Gasteiger partial charge in [0.25, 0.3) is 0 Å². The maximum Gasteiger partial charge on any atom is 0.243 e. The van der Waals surface area contributed by atoms with Crippen molar-refractivity contribution in [3.8, 4) is 11.1 Å². The predicted molar refractivity (Wildman–Crippen MR) is 141 cm³/mol. The Morgan fingerprint density at radius 1 is 1.06 bits per heavy atom. The van der Waals surface area contributed by atoms with Crippen molar-refractivity contribution in [2.45, 2.75) is 34.9 Å². The molecule has 1 N–H and O–H groups in total. The van der Waals surface area contributed by atoms with Gasteiger partial charge in [-0.15, -0.1) is 11.3 Å². The molecule has 3 heterocycles. The maximum absolute atomic E-state index is 12.9. The number of rotatable bonds is 7. The van der Waals surface area contributed by atoms with E-state index in [1.165, 1.54) is 22.4 Å². The molecule has 1 aliphatic heterocycles. The number of nitrogens with one attached hydrogen (secondary N) is 1. The highest BCUT2D eigenvalue weighted by Gasteiger charge is 2.27. The number of carbonyl (C=O) groups is 1. The summed E-state index contributed by atoms with van der Waals surface area (Å²) in [5.41, 5.74) is 2.68. The van der Waals surface area contributed by atoms with E-state index in [2.05, 4.69) is 20.7 Å². The number of amides is 1. The highest BCUT2D eigenvalue weighted by molar-refractivity contribution is 8.00. The van der Waals surface area contributed by atoms with Crippen LogP contribution in [0.4, 0.5) is 5.69 Å². The Hall–Kier alpha value is -2.79. The van der Waals surface area contributed by atoms with Gasteiger partial charge in [-0.2, -0.15) is 4.31 Å². The highest BCUT2D eigenvalue weighted by atomic mass is 32.2. The second-order valence-corrected chi connectivity index (χ2v) is 12.4. The summed E-state index contributed by atoms with van der Waals surface area (Å²) < 4.78 is 26.9. The molecule has 0 spiro atoms. The van der Waals surface area contributed by atoms with Gasteiger partial charge in [0.15, 0.2) is 0 Å². The lowest BCUT2D eigenvalue weighted by Gasteiger charge is -2.16. The Labute approximate surface area is 212 Å². The quantitative estimate of drug-likeness (QED) is 0.262. The number of anilines is 1. The van der Waals surface area contributed by atoms with Crippen LogP contribution in [0.1, 0.15) is 19.8 Å². The van der Waals surface area contributed by atoms with Crippen molar-refractivity contribution >= 4 is 54.9 Å². The lowest BCUT2D eigenvalue weighted by atomic mass is 10.1. The van der Waals surface area contributed by atoms with Gasteiger partial charge in [0.1, 0.15) is 16.2 Å². The van der Waals surface area contributed by atoms with Gasteiger partial charge in [-0.3, -0.25) is 4.79 Å². The summed E-state index contributed by atoms with van der Waals surface area (Å²) in [6.07, 6.45) is 3.31. The van der Waals surface area contributed by atoms with E-state index in [-0.39, 0.29) is 10.8 Å². The van der Waals surface area contributed by atoms with Crippen LogP contribution in [0, 0.1) is 0 Å². The largest absolute Gasteiger partial charge is 0.325 e. The molecule has 0 aliphatic carbocycles. The summed E-state index contributed by atoms with van der Waals surface area (Å²) >= 11 is 2.93. The van der Waals surface area contributed by atoms with Gasteiger partial charge in [0.2, 0.25) is 15.9 Å². The first-order valence-corrected chi connectivity index (χ1v) is 14.5. The fourth-order valence-corrected chi connectivity index (χ4v) is 7.45. The third-order valence-electron chi connectivity index (χ3n) is 5.90. The number of benzene rings is 2. The minimum Gasteiger partial charge on any atom is -0.325 e. The molecular formula is C25H24N4O3S3. The van der Waals surface area contributed by atoms with Crippen molar-refractivity contribution in [3.63, 3.8) is 0 Å². The number of nitrogens with zero attached hydrogens (tertiary/aromatic N) is 3. The van der Waals surface area contributed by atoms with E-state index in [4.69, 9.17) is 0 Å². The second-order valence-electron chi connectivity index (χ2n) is 8.26. The van der Waals surface area contributed by atoms with Crippen LogP contribution in [-0.4, -0.2) is 46.9 Å². The fraction of sp³-hybridized carbons (Fsp3) is 0.240. The third kappa shape index (κ3) is 4.97. The zero-order valence-corrected chi connectivity index (χ0v) is 21.5. The summed E-state index contributed by atoms with van der Waals surface area (Å²) in [5, 5.41) is 6.24. The summed E-state index contributed by atoms with van der Waals surface area (Å²) in [5.74, 6) is -0.187. The number of thioether (sulfide) groups is 1. The standard InChI is InChI=1S/C25H24N4O3S3/c1-17(23(30)28-19-9-11-20(12-10-19)35(31,32)29-13-5-6-14-29)34-25-22-21(18-7-3-2-4-8-18)15-33-24(22)26-16-27-25/h2-4,7-12,15-17H,5-6,13-14H2,1H3,(H,28,30)/t17-/m1/s1. The number of sulfonamides is 1. The summed E-state index contributed by atoms with van der Waals surface area (Å²) in [4.78, 5) is 22.9. The molecule has 35 heavy (non-hydrogen) atoms. The number of fused-ring (bicyclic) bond motifs is 1. The SMILES string of the molecule is C[C@@H](Sc1ncnc2scc(-c3ccccc3)c12)C(=O)Nc1ccc(S(=O)(=O)N2CCCC2)cc1. The van der Waals surface area contributed by atoms with Gasteiger partial charge >= 0.3 is 0 Å². The van der Waals surface area contributed by atoms with Crippen LogP contribution in [-0.2, 0) is 14.8 Å². The van der Waals surface area contributed by atoms with Crippen LogP contribution in [0.15, 0.2) is 76.2 Å². The monoisotopic (exact) mass is 524 g/mol. The molecule has 1 aliphatic rings. The average Bonchev–Trinajstić information content (AvgIpc) is 3.56. The van der Waals surface area contributed by atoms with Gasteiger partial charge in [-0.1, -0.05) is 42.1 Å². The first kappa shape index (κ1) is 23.9. The van der Waals surface area contributed by atoms with E-state index < -0.39 is 15.3 Å². The van der Waals surface area contributed by atoms with Crippen molar-refractivity contribution in [3.05, 3.63) is 66.3 Å². The van der Waals surface area contributed by atoms with Crippen molar-refractivity contribution in [2.75, 3.05) is 18.4 Å². The van der Waals surface area contributed by atoms with Gasteiger partial charge in [0, 0.05) is 29.7 Å². The van der Waals surface area contributed by atoms with Crippen molar-refractivity contribution in [2.24, 2.45) is 0 Å². The predicted octanol–water partition coefficient (Wildman–Crippen LogP) is 5.26. The minimum atomic E-state index is -3.48. The first-order valence-electron chi connectivity index (χ1n) is 11.3. The lowest BCUT2D eigenvalue weighted by Crippen LogP contribution is -2.27. The van der Waals surface area contributed by atoms with Crippen molar-refractivity contribution in [1.82, 2.24) is 14.3 Å². The molecular weight excluding hydrogens is 501 g/mol. The molecule has 1 fully saturated rings. The number of hydrogen-bond acceptors (Lipinski definition) is 7. The molecule has 10 heteroatoms. The van der Waals surface area contributed by atoms with Gasteiger partial charge in [-0.25, -0.2) is 18.4 Å². The Kier molecular flexibility index (Phi) is 6.88. The molecule has 0 saturated carbocycles. The molecule has 0 radical (unpaired) electrons. The second kappa shape index (κ2) is 10.1. The molecule has 0 bridgehead atoms. The molecule has 1 saturated heterocycles. The van der Waals surface area contributed by atoms with Crippen LogP contribution < -0.4 is 5.32 Å². The number of carbonyl (C=O) groups excluding carboxylic acids is 1. The van der Waals surface area contributed by atoms with Gasteiger partial charge in [0.05, 0.1) is 15.5 Å². The van der Waals surface area contributed by atoms with E-state index in [0.29, 0.717) is 18.8 Å². The van der Waals surface area contributed by atoms with E-state index in [1.807, 2.05) is 37.3 Å². The van der Waals surface area contributed by atoms with Gasteiger partial charge < -0.3 is 5.32 Å². The normalized spacial score (nSPS) is 15.3. The van der Waals surface area contributed by atoms with E-state index >= 15 is 0 Å². The molecule has 1 atom stereocenters. The Balaban J connectivity index is 1.31. The van der Waals surface area contributed by atoms with Crippen LogP contribution in [0.5, 0.6) is 0 Å². The molecule has 4 aromatic rings. The van der Waals surface area contributed by atoms with Crippen molar-refractivity contribution < 1.29 is 13.2 Å². The van der Waals surface area contributed by atoms with Crippen molar-refractivity contribution in [1.29, 1.82) is 0 Å². The summed E-state index contributed by atoms with van der Waals surface area (Å²) in [6.45, 7) is 2.94. The van der Waals surface area contributed by atoms with E-state index in [9.17, 15) is 13.2 Å². The molecule has 0 unspecified atom stereocenters. The molecule has 1 amide bonds.